The molecule has 0 heterocycles. The quantitative estimate of drug-likeness (QED) is 0.235. The Hall–Kier alpha value is -3.72. The molecular weight excluding hydrogens is 547 g/mol. The molecule has 7 nitrogen and oxygen atoms in total. The van der Waals surface area contributed by atoms with Crippen LogP contribution in [-0.4, -0.2) is 28.0 Å². The van der Waals surface area contributed by atoms with Gasteiger partial charge in [-0.2, -0.15) is 0 Å². The first-order chi connectivity index (χ1) is 18.2. The molecular formula is C28H24Cl2N2O5S. The van der Waals surface area contributed by atoms with E-state index in [4.69, 9.17) is 32.7 Å². The Morgan fingerprint density at radius 3 is 2.21 bits per heavy atom. The molecule has 1 N–H and O–H groups in total. The number of carbonyl (C=O) groups is 1. The number of aryl methyl sites for hydroxylation is 1. The molecule has 38 heavy (non-hydrogen) atoms. The number of hydrogen-bond acceptors (Lipinski definition) is 5. The maximum atomic E-state index is 13.6. The predicted octanol–water partition coefficient (Wildman–Crippen LogP) is 6.94. The maximum Gasteiger partial charge on any atom is 0.264 e. The van der Waals surface area contributed by atoms with Crippen molar-refractivity contribution in [3.8, 4) is 17.2 Å². The number of hydrogen-bond donors (Lipinski definition) is 1. The Balaban J connectivity index is 1.65. The number of amides is 1. The Kier molecular flexibility index (Phi) is 8.46. The number of anilines is 2. The van der Waals surface area contributed by atoms with E-state index < -0.39 is 22.5 Å². The van der Waals surface area contributed by atoms with Crippen molar-refractivity contribution in [2.75, 3.05) is 23.3 Å². The van der Waals surface area contributed by atoms with E-state index in [2.05, 4.69) is 5.32 Å². The number of benzene rings is 4. The van der Waals surface area contributed by atoms with Crippen LogP contribution in [-0.2, 0) is 14.8 Å². The minimum atomic E-state index is -4.11. The fourth-order valence-electron chi connectivity index (χ4n) is 3.66. The molecule has 4 aromatic carbocycles. The molecule has 0 aliphatic rings. The summed E-state index contributed by atoms with van der Waals surface area (Å²) in [4.78, 5) is 13.3. The zero-order valence-corrected chi connectivity index (χ0v) is 22.8. The van der Waals surface area contributed by atoms with E-state index >= 15 is 0 Å². The molecule has 0 fully saturated rings. The molecule has 0 unspecified atom stereocenters. The summed E-state index contributed by atoms with van der Waals surface area (Å²) in [6.07, 6.45) is 0. The van der Waals surface area contributed by atoms with E-state index in [1.165, 1.54) is 37.4 Å². The standard InChI is InChI=1S/C28H24Cl2N2O5S/c1-19-6-5-7-22(16-19)32(38(34,35)23-13-10-20(29)11-14-23)18-28(33)31-24-17-21(30)12-15-25(24)37-27-9-4-3-8-26(27)36-2/h3-17H,18H2,1-2H3,(H,31,33). The van der Waals surface area contributed by atoms with Gasteiger partial charge < -0.3 is 14.8 Å². The molecule has 4 aromatic rings. The van der Waals surface area contributed by atoms with Crippen molar-refractivity contribution < 1.29 is 22.7 Å². The van der Waals surface area contributed by atoms with Crippen LogP contribution in [0.2, 0.25) is 10.0 Å². The number of nitrogens with one attached hydrogen (secondary N) is 1. The second-order valence-corrected chi connectivity index (χ2v) is 11.0. The van der Waals surface area contributed by atoms with E-state index in [1.807, 2.05) is 13.0 Å². The van der Waals surface area contributed by atoms with Crippen molar-refractivity contribution in [3.05, 3.63) is 107 Å². The summed E-state index contributed by atoms with van der Waals surface area (Å²) in [5.41, 5.74) is 1.44. The highest BCUT2D eigenvalue weighted by Gasteiger charge is 2.28. The monoisotopic (exact) mass is 570 g/mol. The van der Waals surface area contributed by atoms with Crippen molar-refractivity contribution >= 4 is 50.5 Å². The molecule has 0 bridgehead atoms. The highest BCUT2D eigenvalue weighted by Crippen LogP contribution is 2.36. The first-order valence-electron chi connectivity index (χ1n) is 11.4. The third kappa shape index (κ3) is 6.39. The lowest BCUT2D eigenvalue weighted by atomic mass is 10.2. The molecule has 0 saturated carbocycles. The number of carbonyl (C=O) groups excluding carboxylic acids is 1. The zero-order valence-electron chi connectivity index (χ0n) is 20.5. The molecule has 196 valence electrons. The second kappa shape index (κ2) is 11.8. The SMILES string of the molecule is COc1ccccc1Oc1ccc(Cl)cc1NC(=O)CN(c1cccc(C)c1)S(=O)(=O)c1ccc(Cl)cc1. The van der Waals surface area contributed by atoms with Crippen molar-refractivity contribution in [1.82, 2.24) is 0 Å². The predicted molar refractivity (Wildman–Crippen MR) is 150 cm³/mol. The van der Waals surface area contributed by atoms with Crippen molar-refractivity contribution in [1.29, 1.82) is 0 Å². The summed E-state index contributed by atoms with van der Waals surface area (Å²) in [7, 11) is -2.59. The highest BCUT2D eigenvalue weighted by molar-refractivity contribution is 7.92. The summed E-state index contributed by atoms with van der Waals surface area (Å²) in [5.74, 6) is 0.630. The number of para-hydroxylation sites is 2. The maximum absolute atomic E-state index is 13.6. The van der Waals surface area contributed by atoms with Gasteiger partial charge in [-0.25, -0.2) is 8.42 Å². The van der Waals surface area contributed by atoms with Crippen LogP contribution in [0.15, 0.2) is 95.9 Å². The summed E-state index contributed by atoms with van der Waals surface area (Å²) in [6.45, 7) is 1.33. The number of nitrogens with zero attached hydrogens (tertiary/aromatic N) is 1. The number of halogens is 2. The molecule has 0 aliphatic carbocycles. The molecule has 4 rings (SSSR count). The smallest absolute Gasteiger partial charge is 0.264 e. The second-order valence-electron chi connectivity index (χ2n) is 8.25. The third-order valence-electron chi connectivity index (χ3n) is 5.48. The minimum absolute atomic E-state index is 0.000781. The largest absolute Gasteiger partial charge is 0.493 e. The van der Waals surface area contributed by atoms with Crippen molar-refractivity contribution in [2.45, 2.75) is 11.8 Å². The van der Waals surface area contributed by atoms with E-state index in [-0.39, 0.29) is 10.6 Å². The lowest BCUT2D eigenvalue weighted by Gasteiger charge is -2.25. The Morgan fingerprint density at radius 1 is 0.842 bits per heavy atom. The van der Waals surface area contributed by atoms with Crippen LogP contribution in [0.3, 0.4) is 0 Å². The van der Waals surface area contributed by atoms with Crippen LogP contribution in [0.25, 0.3) is 0 Å². The van der Waals surface area contributed by atoms with Crippen molar-refractivity contribution in [2.24, 2.45) is 0 Å². The number of rotatable bonds is 9. The van der Waals surface area contributed by atoms with E-state index in [1.54, 1.807) is 54.6 Å². The average Bonchev–Trinajstić information content (AvgIpc) is 2.89. The van der Waals surface area contributed by atoms with E-state index in [9.17, 15) is 13.2 Å². The zero-order chi connectivity index (χ0) is 27.3. The van der Waals surface area contributed by atoms with Gasteiger partial charge in [0.25, 0.3) is 10.0 Å². The lowest BCUT2D eigenvalue weighted by Crippen LogP contribution is -2.38. The first-order valence-corrected chi connectivity index (χ1v) is 13.6. The highest BCUT2D eigenvalue weighted by atomic mass is 35.5. The van der Waals surface area contributed by atoms with Gasteiger partial charge in [0.2, 0.25) is 5.91 Å². The third-order valence-corrected chi connectivity index (χ3v) is 7.76. The molecule has 0 atom stereocenters. The molecule has 10 heteroatoms. The van der Waals surface area contributed by atoms with Crippen LogP contribution in [0.5, 0.6) is 17.2 Å². The molecule has 0 radical (unpaired) electrons. The topological polar surface area (TPSA) is 84.9 Å². The normalized spacial score (nSPS) is 11.1. The van der Waals surface area contributed by atoms with Gasteiger partial charge in [-0.1, -0.05) is 47.5 Å². The van der Waals surface area contributed by atoms with E-state index in [0.717, 1.165) is 9.87 Å². The Bertz CT molecular complexity index is 1560. The average molecular weight is 571 g/mol. The number of methoxy groups -OCH3 is 1. The van der Waals surface area contributed by atoms with Gasteiger partial charge in [0, 0.05) is 10.0 Å². The summed E-state index contributed by atoms with van der Waals surface area (Å²) in [6, 6.07) is 24.4. The van der Waals surface area contributed by atoms with Crippen LogP contribution in [0.1, 0.15) is 5.56 Å². The number of sulfonamides is 1. The van der Waals surface area contributed by atoms with Gasteiger partial charge in [-0.15, -0.1) is 0 Å². The summed E-state index contributed by atoms with van der Waals surface area (Å²) < 4.78 is 39.6. The Morgan fingerprint density at radius 2 is 1.53 bits per heavy atom. The van der Waals surface area contributed by atoms with Gasteiger partial charge in [-0.05, 0) is 79.2 Å². The molecule has 0 aromatic heterocycles. The summed E-state index contributed by atoms with van der Waals surface area (Å²) >= 11 is 12.2. The van der Waals surface area contributed by atoms with Crippen LogP contribution < -0.4 is 19.1 Å². The lowest BCUT2D eigenvalue weighted by molar-refractivity contribution is -0.114. The summed E-state index contributed by atoms with van der Waals surface area (Å²) in [5, 5.41) is 3.49. The van der Waals surface area contributed by atoms with Crippen LogP contribution in [0.4, 0.5) is 11.4 Å². The first kappa shape index (κ1) is 27.3. The minimum Gasteiger partial charge on any atom is -0.493 e. The molecule has 0 spiro atoms. The van der Waals surface area contributed by atoms with E-state index in [0.29, 0.717) is 33.0 Å². The molecule has 0 saturated heterocycles. The number of ether oxygens (including phenoxy) is 2. The fourth-order valence-corrected chi connectivity index (χ4v) is 5.37. The van der Waals surface area contributed by atoms with Gasteiger partial charge >= 0.3 is 0 Å². The van der Waals surface area contributed by atoms with Gasteiger partial charge in [0.1, 0.15) is 6.54 Å². The molecule has 1 amide bonds. The Labute approximate surface area is 231 Å². The van der Waals surface area contributed by atoms with Gasteiger partial charge in [0.15, 0.2) is 17.2 Å². The van der Waals surface area contributed by atoms with Gasteiger partial charge in [0.05, 0.1) is 23.4 Å². The van der Waals surface area contributed by atoms with Crippen LogP contribution in [0, 0.1) is 6.92 Å². The molecule has 0 aliphatic heterocycles. The van der Waals surface area contributed by atoms with Gasteiger partial charge in [-0.3, -0.25) is 9.10 Å². The van der Waals surface area contributed by atoms with Crippen LogP contribution >= 0.6 is 23.2 Å². The van der Waals surface area contributed by atoms with Crippen molar-refractivity contribution in [3.63, 3.8) is 0 Å². The fraction of sp³-hybridized carbons (Fsp3) is 0.107.